The Kier molecular flexibility index (Phi) is 7.75. The first-order valence-electron chi connectivity index (χ1n) is 17.4. The molecule has 1 heterocycles. The molecule has 51 heavy (non-hydrogen) atoms. The van der Waals surface area contributed by atoms with Gasteiger partial charge in [0.15, 0.2) is 0 Å². The van der Waals surface area contributed by atoms with E-state index in [9.17, 15) is 0 Å². The van der Waals surface area contributed by atoms with Crippen molar-refractivity contribution >= 4 is 39.0 Å². The minimum Gasteiger partial charge on any atom is -0.456 e. The molecule has 9 aromatic rings. The Morgan fingerprint density at radius 3 is 1.29 bits per heavy atom. The first kappa shape index (κ1) is 30.4. The fourth-order valence-corrected chi connectivity index (χ4v) is 7.66. The van der Waals surface area contributed by atoms with Crippen LogP contribution in [0.2, 0.25) is 0 Å². The van der Waals surface area contributed by atoms with Crippen molar-refractivity contribution < 1.29 is 4.42 Å². The van der Waals surface area contributed by atoms with Crippen LogP contribution in [0.1, 0.15) is 22.3 Å². The molecule has 9 rings (SSSR count). The highest BCUT2D eigenvalue weighted by Crippen LogP contribution is 2.46. The maximum absolute atomic E-state index is 6.28. The summed E-state index contributed by atoms with van der Waals surface area (Å²) in [6.45, 7) is 0. The Morgan fingerprint density at radius 2 is 0.725 bits per heavy atom. The molecule has 0 aliphatic carbocycles. The van der Waals surface area contributed by atoms with Gasteiger partial charge in [-0.3, -0.25) is 0 Å². The highest BCUT2D eigenvalue weighted by molar-refractivity contribution is 6.06. The molecule has 2 nitrogen and oxygen atoms in total. The highest BCUT2D eigenvalue weighted by Gasteiger charge is 2.38. The second kappa shape index (κ2) is 13.0. The van der Waals surface area contributed by atoms with Gasteiger partial charge >= 0.3 is 0 Å². The smallest absolute Gasteiger partial charge is 0.137 e. The van der Waals surface area contributed by atoms with Crippen LogP contribution in [0.5, 0.6) is 0 Å². The van der Waals surface area contributed by atoms with Gasteiger partial charge in [0, 0.05) is 33.9 Å². The number of rotatable bonds is 8. The fourth-order valence-electron chi connectivity index (χ4n) is 7.66. The molecule has 0 aliphatic rings. The van der Waals surface area contributed by atoms with Crippen LogP contribution < -0.4 is 4.90 Å². The Bertz CT molecular complexity index is 2440. The molecule has 0 bridgehead atoms. The summed E-state index contributed by atoms with van der Waals surface area (Å²) in [5, 5.41) is 2.26. The topological polar surface area (TPSA) is 16.4 Å². The number of fused-ring (bicyclic) bond motifs is 3. The van der Waals surface area contributed by atoms with Gasteiger partial charge in [0.05, 0.1) is 5.41 Å². The van der Waals surface area contributed by atoms with E-state index in [1.165, 1.54) is 27.8 Å². The molecular formula is C49H35NO. The molecule has 0 N–H and O–H groups in total. The van der Waals surface area contributed by atoms with E-state index in [1.807, 2.05) is 12.1 Å². The summed E-state index contributed by atoms with van der Waals surface area (Å²) in [7, 11) is 0. The van der Waals surface area contributed by atoms with Crippen LogP contribution in [0.25, 0.3) is 33.1 Å². The molecule has 0 aliphatic heterocycles. The van der Waals surface area contributed by atoms with Crippen LogP contribution in [0.15, 0.2) is 217 Å². The number of para-hydroxylation sites is 2. The van der Waals surface area contributed by atoms with Gasteiger partial charge in [-0.1, -0.05) is 164 Å². The summed E-state index contributed by atoms with van der Waals surface area (Å²) < 4.78 is 6.28. The van der Waals surface area contributed by atoms with E-state index in [2.05, 4.69) is 205 Å². The Labute approximate surface area is 298 Å². The maximum Gasteiger partial charge on any atom is 0.137 e. The first-order valence-corrected chi connectivity index (χ1v) is 17.4. The zero-order chi connectivity index (χ0) is 34.0. The average Bonchev–Trinajstić information content (AvgIpc) is 3.59. The van der Waals surface area contributed by atoms with Gasteiger partial charge in [-0.15, -0.1) is 0 Å². The van der Waals surface area contributed by atoms with Crippen LogP contribution in [0.4, 0.5) is 17.1 Å². The molecule has 0 saturated heterocycles. The van der Waals surface area contributed by atoms with Gasteiger partial charge in [0.25, 0.3) is 0 Å². The number of hydrogen-bond donors (Lipinski definition) is 0. The summed E-state index contributed by atoms with van der Waals surface area (Å²) in [6.07, 6.45) is 0. The van der Waals surface area contributed by atoms with Crippen LogP contribution in [-0.4, -0.2) is 0 Å². The molecule has 1 aromatic heterocycles. The molecular weight excluding hydrogens is 619 g/mol. The molecule has 0 radical (unpaired) electrons. The number of hydrogen-bond acceptors (Lipinski definition) is 2. The van der Waals surface area contributed by atoms with E-state index in [1.54, 1.807) is 0 Å². The van der Waals surface area contributed by atoms with Crippen LogP contribution in [0.3, 0.4) is 0 Å². The summed E-state index contributed by atoms with van der Waals surface area (Å²) in [4.78, 5) is 2.29. The number of benzene rings is 8. The summed E-state index contributed by atoms with van der Waals surface area (Å²) in [5.41, 5.74) is 11.8. The van der Waals surface area contributed by atoms with Crippen molar-refractivity contribution in [1.82, 2.24) is 0 Å². The van der Waals surface area contributed by atoms with Crippen molar-refractivity contribution in [1.29, 1.82) is 0 Å². The van der Waals surface area contributed by atoms with Crippen molar-refractivity contribution in [3.8, 4) is 11.1 Å². The van der Waals surface area contributed by atoms with Gasteiger partial charge in [0.2, 0.25) is 0 Å². The lowest BCUT2D eigenvalue weighted by atomic mass is 9.65. The predicted octanol–water partition coefficient (Wildman–Crippen LogP) is 13.1. The Hall–Kier alpha value is -6.64. The molecule has 0 amide bonds. The molecule has 0 atom stereocenters. The van der Waals surface area contributed by atoms with E-state index in [0.717, 1.165) is 44.6 Å². The molecule has 8 aromatic carbocycles. The fraction of sp³-hybridized carbons (Fsp3) is 0.0204. The van der Waals surface area contributed by atoms with Crippen molar-refractivity contribution in [2.45, 2.75) is 5.41 Å². The van der Waals surface area contributed by atoms with E-state index >= 15 is 0 Å². The van der Waals surface area contributed by atoms with Gasteiger partial charge in [0.1, 0.15) is 11.2 Å². The molecule has 0 saturated carbocycles. The van der Waals surface area contributed by atoms with Crippen LogP contribution in [-0.2, 0) is 5.41 Å². The average molecular weight is 654 g/mol. The third-order valence-corrected chi connectivity index (χ3v) is 10.0. The van der Waals surface area contributed by atoms with Crippen molar-refractivity contribution in [2.24, 2.45) is 0 Å². The second-order valence-electron chi connectivity index (χ2n) is 12.9. The molecule has 0 spiro atoms. The highest BCUT2D eigenvalue weighted by atomic mass is 16.3. The van der Waals surface area contributed by atoms with E-state index in [4.69, 9.17) is 4.42 Å². The number of furan rings is 1. The SMILES string of the molecule is c1ccc(N(c2ccc(-c3ccc(C(c4ccccc4)(c4ccccc4)c4ccccc4)cc3)cc2)c2ccc3c(c2)oc2ccccc23)cc1. The normalized spacial score (nSPS) is 11.5. The molecule has 0 unspecified atom stereocenters. The first-order chi connectivity index (χ1) is 25.3. The number of anilines is 3. The standard InChI is InChI=1S/C49H35NO/c1-5-15-38(16-6-1)49(39-17-7-2-8-18-39,40-19-9-3-10-20-40)41-29-25-36(26-30-41)37-27-31-43(32-28-37)50(42-21-11-4-12-22-42)44-33-34-46-45-23-13-14-24-47(45)51-48(46)35-44/h1-35H. The lowest BCUT2D eigenvalue weighted by molar-refractivity contribution is 0.669. The van der Waals surface area contributed by atoms with Crippen LogP contribution >= 0.6 is 0 Å². The Morgan fingerprint density at radius 1 is 0.314 bits per heavy atom. The third kappa shape index (κ3) is 5.39. The van der Waals surface area contributed by atoms with E-state index in [0.29, 0.717) is 0 Å². The second-order valence-corrected chi connectivity index (χ2v) is 12.9. The zero-order valence-corrected chi connectivity index (χ0v) is 28.1. The Balaban J connectivity index is 1.11. The third-order valence-electron chi connectivity index (χ3n) is 10.0. The quantitative estimate of drug-likeness (QED) is 0.152. The van der Waals surface area contributed by atoms with E-state index < -0.39 is 5.41 Å². The number of nitrogens with zero attached hydrogens (tertiary/aromatic N) is 1. The molecule has 0 fully saturated rings. The van der Waals surface area contributed by atoms with Crippen molar-refractivity contribution in [2.75, 3.05) is 4.90 Å². The summed E-state index contributed by atoms with van der Waals surface area (Å²) in [5.74, 6) is 0. The van der Waals surface area contributed by atoms with E-state index in [-0.39, 0.29) is 0 Å². The van der Waals surface area contributed by atoms with Crippen LogP contribution in [0, 0.1) is 0 Å². The van der Waals surface area contributed by atoms with Gasteiger partial charge in [-0.25, -0.2) is 0 Å². The lowest BCUT2D eigenvalue weighted by Gasteiger charge is -2.37. The maximum atomic E-state index is 6.28. The monoisotopic (exact) mass is 653 g/mol. The van der Waals surface area contributed by atoms with Crippen molar-refractivity contribution in [3.05, 3.63) is 235 Å². The predicted molar refractivity (Wildman–Crippen MR) is 212 cm³/mol. The minimum atomic E-state index is -0.469. The minimum absolute atomic E-state index is 0.469. The molecule has 2 heteroatoms. The van der Waals surface area contributed by atoms with Crippen molar-refractivity contribution in [3.63, 3.8) is 0 Å². The largest absolute Gasteiger partial charge is 0.456 e. The summed E-state index contributed by atoms with van der Waals surface area (Å²) in [6, 6.07) is 75.8. The van der Waals surface area contributed by atoms with Gasteiger partial charge in [-0.05, 0) is 75.8 Å². The zero-order valence-electron chi connectivity index (χ0n) is 28.1. The lowest BCUT2D eigenvalue weighted by Crippen LogP contribution is -2.30. The van der Waals surface area contributed by atoms with Gasteiger partial charge < -0.3 is 9.32 Å². The van der Waals surface area contributed by atoms with Gasteiger partial charge in [-0.2, -0.15) is 0 Å². The summed E-state index contributed by atoms with van der Waals surface area (Å²) >= 11 is 0. The molecule has 242 valence electrons.